The molecule has 0 bridgehead atoms. The number of benzene rings is 1. The Hall–Kier alpha value is -1.95. The minimum Gasteiger partial charge on any atom is -0.355 e. The van der Waals surface area contributed by atoms with Gasteiger partial charge in [0, 0.05) is 24.7 Å². The van der Waals surface area contributed by atoms with Crippen LogP contribution in [0.2, 0.25) is 0 Å². The van der Waals surface area contributed by atoms with E-state index in [2.05, 4.69) is 19.2 Å². The highest BCUT2D eigenvalue weighted by molar-refractivity contribution is 5.78. The summed E-state index contributed by atoms with van der Waals surface area (Å²) in [5.74, 6) is 0.510. The second-order valence-electron chi connectivity index (χ2n) is 5.72. The number of rotatable bonds is 9. The van der Waals surface area contributed by atoms with Gasteiger partial charge in [-0.3, -0.25) is 19.8 Å². The van der Waals surface area contributed by atoms with Gasteiger partial charge in [0.25, 0.3) is 5.69 Å². The predicted octanol–water partition coefficient (Wildman–Crippen LogP) is 2.58. The van der Waals surface area contributed by atoms with Gasteiger partial charge in [-0.1, -0.05) is 39.0 Å². The van der Waals surface area contributed by atoms with Gasteiger partial charge >= 0.3 is 0 Å². The molecule has 1 aromatic rings. The van der Waals surface area contributed by atoms with Crippen molar-refractivity contribution in [3.05, 3.63) is 39.9 Å². The number of carbonyl (C=O) groups excluding carboxylic acids is 1. The summed E-state index contributed by atoms with van der Waals surface area (Å²) in [6.07, 6.45) is 0.946. The Labute approximate surface area is 131 Å². The number of para-hydroxylation sites is 1. The zero-order valence-corrected chi connectivity index (χ0v) is 13.5. The summed E-state index contributed by atoms with van der Waals surface area (Å²) in [6, 6.07) is 6.65. The van der Waals surface area contributed by atoms with Crippen LogP contribution >= 0.6 is 0 Å². The van der Waals surface area contributed by atoms with Gasteiger partial charge in [-0.2, -0.15) is 0 Å². The lowest BCUT2D eigenvalue weighted by Gasteiger charge is -2.20. The smallest absolute Gasteiger partial charge is 0.273 e. The Bertz CT molecular complexity index is 503. The molecular formula is C16H25N3O3. The van der Waals surface area contributed by atoms with Crippen LogP contribution in [0.1, 0.15) is 32.8 Å². The van der Waals surface area contributed by atoms with Crippen molar-refractivity contribution in [3.8, 4) is 0 Å². The lowest BCUT2D eigenvalue weighted by Crippen LogP contribution is -2.37. The first kappa shape index (κ1) is 18.1. The molecule has 0 fully saturated rings. The van der Waals surface area contributed by atoms with Crippen LogP contribution < -0.4 is 5.32 Å². The second-order valence-corrected chi connectivity index (χ2v) is 5.72. The summed E-state index contributed by atoms with van der Waals surface area (Å²) in [5, 5.41) is 13.9. The molecule has 0 spiro atoms. The van der Waals surface area contributed by atoms with E-state index in [1.54, 1.807) is 18.2 Å². The first-order chi connectivity index (χ1) is 10.4. The molecule has 0 saturated heterocycles. The predicted molar refractivity (Wildman–Crippen MR) is 86.5 cm³/mol. The maximum atomic E-state index is 11.9. The number of nitro groups is 1. The summed E-state index contributed by atoms with van der Waals surface area (Å²) in [6.45, 7) is 8.13. The van der Waals surface area contributed by atoms with E-state index < -0.39 is 0 Å². The van der Waals surface area contributed by atoms with Crippen molar-refractivity contribution in [2.75, 3.05) is 19.6 Å². The highest BCUT2D eigenvalue weighted by atomic mass is 16.6. The summed E-state index contributed by atoms with van der Waals surface area (Å²) in [4.78, 5) is 24.5. The molecule has 22 heavy (non-hydrogen) atoms. The zero-order valence-electron chi connectivity index (χ0n) is 13.5. The van der Waals surface area contributed by atoms with Crippen molar-refractivity contribution in [1.29, 1.82) is 0 Å². The monoisotopic (exact) mass is 307 g/mol. The van der Waals surface area contributed by atoms with Crippen LogP contribution in [0, 0.1) is 16.0 Å². The third-order valence-electron chi connectivity index (χ3n) is 3.44. The van der Waals surface area contributed by atoms with Crippen LogP contribution in [0.5, 0.6) is 0 Å². The molecule has 6 heteroatoms. The molecule has 0 aromatic heterocycles. The number of nitrogens with zero attached hydrogens (tertiary/aromatic N) is 2. The fraction of sp³-hybridized carbons (Fsp3) is 0.562. The maximum absolute atomic E-state index is 11.9. The molecule has 0 unspecified atom stereocenters. The van der Waals surface area contributed by atoms with E-state index in [0.29, 0.717) is 31.1 Å². The Balaban J connectivity index is 2.58. The topological polar surface area (TPSA) is 75.5 Å². The van der Waals surface area contributed by atoms with Gasteiger partial charge in [-0.05, 0) is 18.9 Å². The molecule has 1 aromatic carbocycles. The van der Waals surface area contributed by atoms with Gasteiger partial charge < -0.3 is 5.32 Å². The van der Waals surface area contributed by atoms with Gasteiger partial charge in [0.15, 0.2) is 0 Å². The minimum absolute atomic E-state index is 0.0407. The molecule has 0 heterocycles. The summed E-state index contributed by atoms with van der Waals surface area (Å²) < 4.78 is 0. The standard InChI is InChI=1S/C16H25N3O3/c1-4-18(12-16(20)17-10-9-13(2)3)11-14-7-5-6-8-15(14)19(21)22/h5-8,13H,4,9-12H2,1-3H3,(H,17,20). The van der Waals surface area contributed by atoms with Crippen molar-refractivity contribution >= 4 is 11.6 Å². The van der Waals surface area contributed by atoms with Crippen LogP contribution in [-0.4, -0.2) is 35.4 Å². The van der Waals surface area contributed by atoms with Gasteiger partial charge in [-0.25, -0.2) is 0 Å². The highest BCUT2D eigenvalue weighted by Crippen LogP contribution is 2.19. The van der Waals surface area contributed by atoms with E-state index in [1.165, 1.54) is 6.07 Å². The van der Waals surface area contributed by atoms with E-state index in [9.17, 15) is 14.9 Å². The molecule has 6 nitrogen and oxygen atoms in total. The summed E-state index contributed by atoms with van der Waals surface area (Å²) in [5.41, 5.74) is 0.727. The minimum atomic E-state index is -0.383. The summed E-state index contributed by atoms with van der Waals surface area (Å²) in [7, 11) is 0. The van der Waals surface area contributed by atoms with Crippen LogP contribution in [-0.2, 0) is 11.3 Å². The average Bonchev–Trinajstić information content (AvgIpc) is 2.46. The fourth-order valence-electron chi connectivity index (χ4n) is 2.10. The largest absolute Gasteiger partial charge is 0.355 e. The molecule has 0 aliphatic rings. The van der Waals surface area contributed by atoms with E-state index in [0.717, 1.165) is 6.42 Å². The van der Waals surface area contributed by atoms with Crippen molar-refractivity contribution < 1.29 is 9.72 Å². The van der Waals surface area contributed by atoms with Crippen molar-refractivity contribution in [2.45, 2.75) is 33.7 Å². The van der Waals surface area contributed by atoms with E-state index in [1.807, 2.05) is 11.8 Å². The number of nitrogens with one attached hydrogen (secondary N) is 1. The SMILES string of the molecule is CCN(CC(=O)NCCC(C)C)Cc1ccccc1[N+](=O)[O-]. The number of amides is 1. The molecule has 1 rings (SSSR count). The highest BCUT2D eigenvalue weighted by Gasteiger charge is 2.16. The molecule has 0 aliphatic heterocycles. The Kier molecular flexibility index (Phi) is 7.52. The maximum Gasteiger partial charge on any atom is 0.273 e. The van der Waals surface area contributed by atoms with Gasteiger partial charge in [0.2, 0.25) is 5.91 Å². The molecule has 122 valence electrons. The average molecular weight is 307 g/mol. The molecule has 1 amide bonds. The zero-order chi connectivity index (χ0) is 16.5. The number of hydrogen-bond acceptors (Lipinski definition) is 4. The van der Waals surface area contributed by atoms with E-state index >= 15 is 0 Å². The van der Waals surface area contributed by atoms with Gasteiger partial charge in [-0.15, -0.1) is 0 Å². The molecule has 0 radical (unpaired) electrons. The molecule has 0 saturated carbocycles. The molecule has 0 aliphatic carbocycles. The number of nitro benzene ring substituents is 1. The lowest BCUT2D eigenvalue weighted by molar-refractivity contribution is -0.385. The Morgan fingerprint density at radius 3 is 2.64 bits per heavy atom. The third-order valence-corrected chi connectivity index (χ3v) is 3.44. The summed E-state index contributed by atoms with van der Waals surface area (Å²) >= 11 is 0. The molecule has 0 atom stereocenters. The van der Waals surface area contributed by atoms with Crippen molar-refractivity contribution in [3.63, 3.8) is 0 Å². The quantitative estimate of drug-likeness (QED) is 0.562. The van der Waals surface area contributed by atoms with Gasteiger partial charge in [0.1, 0.15) is 0 Å². The Morgan fingerprint density at radius 2 is 2.05 bits per heavy atom. The molecule has 1 N–H and O–H groups in total. The molecular weight excluding hydrogens is 282 g/mol. The van der Waals surface area contributed by atoms with Gasteiger partial charge in [0.05, 0.1) is 11.5 Å². The second kappa shape index (κ2) is 9.15. The van der Waals surface area contributed by atoms with Crippen LogP contribution in [0.3, 0.4) is 0 Å². The van der Waals surface area contributed by atoms with E-state index in [4.69, 9.17) is 0 Å². The van der Waals surface area contributed by atoms with Crippen LogP contribution in [0.25, 0.3) is 0 Å². The fourth-order valence-corrected chi connectivity index (χ4v) is 2.10. The third kappa shape index (κ3) is 6.22. The van der Waals surface area contributed by atoms with Crippen molar-refractivity contribution in [2.24, 2.45) is 5.92 Å². The van der Waals surface area contributed by atoms with Crippen LogP contribution in [0.4, 0.5) is 5.69 Å². The van der Waals surface area contributed by atoms with Crippen LogP contribution in [0.15, 0.2) is 24.3 Å². The van der Waals surface area contributed by atoms with Crippen molar-refractivity contribution in [1.82, 2.24) is 10.2 Å². The number of carbonyl (C=O) groups is 1. The number of hydrogen-bond donors (Lipinski definition) is 1. The number of likely N-dealkylation sites (N-methyl/N-ethyl adjacent to an activating group) is 1. The first-order valence-corrected chi connectivity index (χ1v) is 7.65. The Morgan fingerprint density at radius 1 is 1.36 bits per heavy atom. The lowest BCUT2D eigenvalue weighted by atomic mass is 10.1. The first-order valence-electron chi connectivity index (χ1n) is 7.65. The normalized spacial score (nSPS) is 11.0. The van der Waals surface area contributed by atoms with E-state index in [-0.39, 0.29) is 23.1 Å².